The molecule has 128 valence electrons. The van der Waals surface area contributed by atoms with Gasteiger partial charge >= 0.3 is 5.97 Å². The molecule has 0 unspecified atom stereocenters. The molecular formula is C21H21NO3. The summed E-state index contributed by atoms with van der Waals surface area (Å²) in [7, 11) is 0. The lowest BCUT2D eigenvalue weighted by molar-refractivity contribution is 0.0319. The van der Waals surface area contributed by atoms with Crippen LogP contribution in [-0.2, 0) is 4.74 Å². The van der Waals surface area contributed by atoms with Crippen molar-refractivity contribution in [2.45, 2.75) is 33.8 Å². The van der Waals surface area contributed by atoms with Crippen LogP contribution >= 0.6 is 0 Å². The molecule has 3 rings (SSSR count). The lowest BCUT2D eigenvalue weighted by Crippen LogP contribution is -2.25. The van der Waals surface area contributed by atoms with E-state index in [9.17, 15) is 9.59 Å². The number of para-hydroxylation sites is 1. The van der Waals surface area contributed by atoms with E-state index in [2.05, 4.69) is 4.98 Å². The Kier molecular flexibility index (Phi) is 4.45. The van der Waals surface area contributed by atoms with E-state index in [1.165, 1.54) is 0 Å². The smallest absolute Gasteiger partial charge is 0.338 e. The molecular weight excluding hydrogens is 314 g/mol. The highest BCUT2D eigenvalue weighted by molar-refractivity contribution is 6.11. The van der Waals surface area contributed by atoms with Gasteiger partial charge in [0.05, 0.1) is 5.56 Å². The number of hydrogen-bond acceptors (Lipinski definition) is 3. The molecule has 0 saturated heterocycles. The van der Waals surface area contributed by atoms with Crippen molar-refractivity contribution in [3.05, 3.63) is 70.4 Å². The summed E-state index contributed by atoms with van der Waals surface area (Å²) in [5.74, 6) is -0.683. The lowest BCUT2D eigenvalue weighted by atomic mass is 10.0. The monoisotopic (exact) mass is 335 g/mol. The summed E-state index contributed by atoms with van der Waals surface area (Å²) in [5, 5.41) is 0.847. The number of carbonyl (C=O) groups is 2. The van der Waals surface area contributed by atoms with Crippen LogP contribution < -0.4 is 0 Å². The molecule has 1 aromatic heterocycles. The third-order valence-electron chi connectivity index (χ3n) is 4.25. The second-order valence-corrected chi connectivity index (χ2v) is 6.46. The van der Waals surface area contributed by atoms with Gasteiger partial charge in [0.2, 0.25) is 5.78 Å². The van der Waals surface area contributed by atoms with Gasteiger partial charge in [-0.1, -0.05) is 35.4 Å². The van der Waals surface area contributed by atoms with E-state index >= 15 is 0 Å². The molecule has 4 heteroatoms. The molecule has 0 aliphatic rings. The zero-order chi connectivity index (χ0) is 18.1. The predicted octanol–water partition coefficient (Wildman–Crippen LogP) is 4.52. The Morgan fingerprint density at radius 2 is 1.64 bits per heavy atom. The lowest BCUT2D eigenvalue weighted by Gasteiger charge is -2.13. The second-order valence-electron chi connectivity index (χ2n) is 6.46. The van der Waals surface area contributed by atoms with Crippen molar-refractivity contribution in [2.75, 3.05) is 0 Å². The Morgan fingerprint density at radius 1 is 1.00 bits per heavy atom. The average Bonchev–Trinajstić information content (AvgIpc) is 2.88. The van der Waals surface area contributed by atoms with E-state index in [1.54, 1.807) is 19.1 Å². The number of rotatable bonds is 4. The molecule has 25 heavy (non-hydrogen) atoms. The van der Waals surface area contributed by atoms with Gasteiger partial charge in [-0.3, -0.25) is 4.79 Å². The highest BCUT2D eigenvalue weighted by atomic mass is 16.5. The molecule has 1 N–H and O–H groups in total. The standard InChI is InChI=1S/C21H21NO3/c1-12-9-13(2)11-16(10-12)21(24)25-15(4)20(23)19-14(3)22-18-8-6-5-7-17(18)19/h5-11,15,22H,1-4H3/t15-/m1/s1. The third-order valence-corrected chi connectivity index (χ3v) is 4.25. The number of Topliss-reactive ketones (excluding diaryl/α,β-unsaturated/α-hetero) is 1. The van der Waals surface area contributed by atoms with E-state index in [1.807, 2.05) is 51.1 Å². The van der Waals surface area contributed by atoms with E-state index in [-0.39, 0.29) is 5.78 Å². The average molecular weight is 335 g/mol. The third kappa shape index (κ3) is 3.33. The van der Waals surface area contributed by atoms with Gasteiger partial charge in [-0.05, 0) is 45.9 Å². The normalized spacial score (nSPS) is 12.2. The van der Waals surface area contributed by atoms with Crippen LogP contribution in [0.3, 0.4) is 0 Å². The number of benzene rings is 2. The molecule has 0 aliphatic carbocycles. The van der Waals surface area contributed by atoms with Crippen molar-refractivity contribution < 1.29 is 14.3 Å². The van der Waals surface area contributed by atoms with E-state index < -0.39 is 12.1 Å². The second kappa shape index (κ2) is 6.55. The molecule has 3 aromatic rings. The number of aromatic amines is 1. The van der Waals surface area contributed by atoms with Gasteiger partial charge in [-0.15, -0.1) is 0 Å². The van der Waals surface area contributed by atoms with Crippen molar-refractivity contribution in [1.29, 1.82) is 0 Å². The summed E-state index contributed by atoms with van der Waals surface area (Å²) >= 11 is 0. The fourth-order valence-electron chi connectivity index (χ4n) is 3.17. The summed E-state index contributed by atoms with van der Waals surface area (Å²) < 4.78 is 5.43. The molecule has 4 nitrogen and oxygen atoms in total. The van der Waals surface area contributed by atoms with Gasteiger partial charge in [-0.2, -0.15) is 0 Å². The maximum absolute atomic E-state index is 12.8. The van der Waals surface area contributed by atoms with Crippen LogP contribution in [0.5, 0.6) is 0 Å². The summed E-state index contributed by atoms with van der Waals surface area (Å²) in [6.45, 7) is 7.32. The van der Waals surface area contributed by atoms with Crippen molar-refractivity contribution >= 4 is 22.7 Å². The van der Waals surface area contributed by atoms with Gasteiger partial charge in [0.15, 0.2) is 6.10 Å². The summed E-state index contributed by atoms with van der Waals surface area (Å²) in [5.41, 5.74) is 4.69. The quantitative estimate of drug-likeness (QED) is 0.563. The largest absolute Gasteiger partial charge is 0.451 e. The molecule has 0 aliphatic heterocycles. The molecule has 0 spiro atoms. The number of ether oxygens (including phenoxy) is 1. The molecule has 0 fully saturated rings. The van der Waals surface area contributed by atoms with Crippen LogP contribution in [0.4, 0.5) is 0 Å². The Balaban J connectivity index is 1.85. The van der Waals surface area contributed by atoms with Gasteiger partial charge in [0.25, 0.3) is 0 Å². The zero-order valence-electron chi connectivity index (χ0n) is 14.8. The predicted molar refractivity (Wildman–Crippen MR) is 98.2 cm³/mol. The first-order chi connectivity index (χ1) is 11.9. The van der Waals surface area contributed by atoms with Gasteiger partial charge in [0.1, 0.15) is 0 Å². The first kappa shape index (κ1) is 17.0. The topological polar surface area (TPSA) is 59.2 Å². The van der Waals surface area contributed by atoms with Crippen LogP contribution in [-0.4, -0.2) is 22.8 Å². The Morgan fingerprint density at radius 3 is 2.32 bits per heavy atom. The summed E-state index contributed by atoms with van der Waals surface area (Å²) in [4.78, 5) is 28.4. The van der Waals surface area contributed by atoms with Crippen LogP contribution in [0, 0.1) is 20.8 Å². The van der Waals surface area contributed by atoms with E-state index in [4.69, 9.17) is 4.74 Å². The first-order valence-corrected chi connectivity index (χ1v) is 8.27. The number of aryl methyl sites for hydroxylation is 3. The van der Waals surface area contributed by atoms with Crippen molar-refractivity contribution in [3.63, 3.8) is 0 Å². The number of esters is 1. The molecule has 0 saturated carbocycles. The Hall–Kier alpha value is -2.88. The minimum absolute atomic E-state index is 0.201. The number of H-pyrrole nitrogens is 1. The SMILES string of the molecule is Cc1cc(C)cc(C(=O)O[C@H](C)C(=O)c2c(C)[nH]c3ccccc23)c1. The number of aromatic nitrogens is 1. The molecule has 1 heterocycles. The molecule has 1 atom stereocenters. The number of nitrogens with one attached hydrogen (secondary N) is 1. The zero-order valence-corrected chi connectivity index (χ0v) is 14.8. The fourth-order valence-corrected chi connectivity index (χ4v) is 3.17. The van der Waals surface area contributed by atoms with Crippen molar-refractivity contribution in [2.24, 2.45) is 0 Å². The highest BCUT2D eigenvalue weighted by Gasteiger charge is 2.25. The first-order valence-electron chi connectivity index (χ1n) is 8.27. The summed E-state index contributed by atoms with van der Waals surface area (Å²) in [6.07, 6.45) is -0.855. The minimum atomic E-state index is -0.855. The maximum Gasteiger partial charge on any atom is 0.338 e. The number of hydrogen-bond donors (Lipinski definition) is 1. The number of ketones is 1. The molecule has 0 amide bonds. The maximum atomic E-state index is 12.8. The van der Waals surface area contributed by atoms with Crippen LogP contribution in [0.1, 0.15) is 44.5 Å². The molecule has 0 bridgehead atoms. The Labute approximate surface area is 146 Å². The number of carbonyl (C=O) groups excluding carboxylic acids is 2. The van der Waals surface area contributed by atoms with Crippen LogP contribution in [0.15, 0.2) is 42.5 Å². The van der Waals surface area contributed by atoms with Crippen LogP contribution in [0.2, 0.25) is 0 Å². The van der Waals surface area contributed by atoms with Gasteiger partial charge < -0.3 is 9.72 Å². The van der Waals surface area contributed by atoms with Gasteiger partial charge in [-0.25, -0.2) is 4.79 Å². The highest BCUT2D eigenvalue weighted by Crippen LogP contribution is 2.24. The van der Waals surface area contributed by atoms with E-state index in [0.29, 0.717) is 11.1 Å². The fraction of sp³-hybridized carbons (Fsp3) is 0.238. The van der Waals surface area contributed by atoms with Gasteiger partial charge in [0, 0.05) is 22.2 Å². The van der Waals surface area contributed by atoms with E-state index in [0.717, 1.165) is 27.7 Å². The van der Waals surface area contributed by atoms with Crippen LogP contribution in [0.25, 0.3) is 10.9 Å². The molecule has 0 radical (unpaired) electrons. The summed E-state index contributed by atoms with van der Waals surface area (Å²) in [6, 6.07) is 13.1. The Bertz CT molecular complexity index is 948. The molecule has 2 aromatic carbocycles. The van der Waals surface area contributed by atoms with Crippen molar-refractivity contribution in [1.82, 2.24) is 4.98 Å². The number of fused-ring (bicyclic) bond motifs is 1. The van der Waals surface area contributed by atoms with Crippen molar-refractivity contribution in [3.8, 4) is 0 Å². The minimum Gasteiger partial charge on any atom is -0.451 e.